The fraction of sp³-hybridized carbons (Fsp3) is 0.200. The third-order valence-corrected chi connectivity index (χ3v) is 2.97. The van der Waals surface area contributed by atoms with Crippen molar-refractivity contribution in [2.24, 2.45) is 0 Å². The second kappa shape index (κ2) is 6.06. The van der Waals surface area contributed by atoms with E-state index >= 15 is 0 Å². The lowest BCUT2D eigenvalue weighted by Crippen LogP contribution is -2.35. The van der Waals surface area contributed by atoms with Gasteiger partial charge in [-0.15, -0.1) is 0 Å². The van der Waals surface area contributed by atoms with Crippen LogP contribution in [0.15, 0.2) is 42.5 Å². The lowest BCUT2D eigenvalue weighted by atomic mass is 10.1. The number of fused-ring (bicyclic) bond motifs is 1. The van der Waals surface area contributed by atoms with Crippen LogP contribution >= 0.6 is 0 Å². The molecule has 0 spiro atoms. The van der Waals surface area contributed by atoms with Crippen LogP contribution in [0.25, 0.3) is 10.8 Å². The molecule has 0 aromatic heterocycles. The molecular weight excluding hydrogens is 256 g/mol. The number of benzene rings is 2. The first-order valence-corrected chi connectivity index (χ1v) is 6.18. The van der Waals surface area contributed by atoms with Gasteiger partial charge in [0, 0.05) is 12.4 Å². The molecule has 2 aromatic carbocycles. The van der Waals surface area contributed by atoms with Crippen LogP contribution in [-0.2, 0) is 9.53 Å². The number of nitrogens with zero attached hydrogens (tertiary/aromatic N) is 1. The zero-order valence-corrected chi connectivity index (χ0v) is 11.4. The molecule has 0 bridgehead atoms. The van der Waals surface area contributed by atoms with Crippen LogP contribution in [0.3, 0.4) is 0 Å². The van der Waals surface area contributed by atoms with Crippen molar-refractivity contribution in [3.8, 4) is 0 Å². The van der Waals surface area contributed by atoms with Crippen LogP contribution in [0.1, 0.15) is 0 Å². The number of rotatable bonds is 3. The Hall–Kier alpha value is -2.56. The van der Waals surface area contributed by atoms with E-state index in [2.05, 4.69) is 10.1 Å². The van der Waals surface area contributed by atoms with Gasteiger partial charge in [-0.1, -0.05) is 36.4 Å². The van der Waals surface area contributed by atoms with Crippen molar-refractivity contribution in [1.29, 1.82) is 0 Å². The maximum Gasteiger partial charge on any atom is 0.325 e. The van der Waals surface area contributed by atoms with Crippen molar-refractivity contribution in [3.05, 3.63) is 42.5 Å². The van der Waals surface area contributed by atoms with E-state index in [9.17, 15) is 9.59 Å². The Morgan fingerprint density at radius 3 is 2.60 bits per heavy atom. The summed E-state index contributed by atoms with van der Waals surface area (Å²) in [6.07, 6.45) is 0. The van der Waals surface area contributed by atoms with Gasteiger partial charge < -0.3 is 15.0 Å². The molecular formula is C15H16N2O3. The minimum Gasteiger partial charge on any atom is -0.468 e. The van der Waals surface area contributed by atoms with E-state index in [1.165, 1.54) is 19.1 Å². The monoisotopic (exact) mass is 272 g/mol. The average Bonchev–Trinajstić information content (AvgIpc) is 2.47. The van der Waals surface area contributed by atoms with Gasteiger partial charge in [0.25, 0.3) is 0 Å². The highest BCUT2D eigenvalue weighted by Gasteiger charge is 2.13. The van der Waals surface area contributed by atoms with Gasteiger partial charge in [0.1, 0.15) is 6.54 Å². The maximum absolute atomic E-state index is 12.0. The van der Waals surface area contributed by atoms with Gasteiger partial charge in [0.05, 0.1) is 12.8 Å². The molecule has 0 aliphatic rings. The van der Waals surface area contributed by atoms with E-state index in [0.29, 0.717) is 5.69 Å². The smallest absolute Gasteiger partial charge is 0.325 e. The molecule has 2 aromatic rings. The summed E-state index contributed by atoms with van der Waals surface area (Å²) < 4.78 is 4.53. The summed E-state index contributed by atoms with van der Waals surface area (Å²) in [6.45, 7) is -0.0902. The van der Waals surface area contributed by atoms with E-state index in [1.54, 1.807) is 0 Å². The van der Waals surface area contributed by atoms with E-state index < -0.39 is 5.97 Å². The second-order valence-electron chi connectivity index (χ2n) is 4.39. The molecule has 0 unspecified atom stereocenters. The first-order chi connectivity index (χ1) is 9.61. The van der Waals surface area contributed by atoms with Crippen LogP contribution in [0.5, 0.6) is 0 Å². The molecule has 0 atom stereocenters. The zero-order valence-electron chi connectivity index (χ0n) is 11.4. The highest BCUT2D eigenvalue weighted by Crippen LogP contribution is 2.23. The minimum absolute atomic E-state index is 0.0902. The van der Waals surface area contributed by atoms with Gasteiger partial charge >= 0.3 is 12.0 Å². The summed E-state index contributed by atoms with van der Waals surface area (Å²) in [4.78, 5) is 24.4. The number of amides is 2. The van der Waals surface area contributed by atoms with Crippen LogP contribution in [-0.4, -0.2) is 37.6 Å². The molecule has 104 valence electrons. The summed E-state index contributed by atoms with van der Waals surface area (Å²) >= 11 is 0. The summed E-state index contributed by atoms with van der Waals surface area (Å²) in [5.41, 5.74) is 0.713. The first kappa shape index (κ1) is 13.9. The molecule has 5 heteroatoms. The number of nitrogens with one attached hydrogen (secondary N) is 1. The van der Waals surface area contributed by atoms with Crippen LogP contribution in [0.4, 0.5) is 10.5 Å². The largest absolute Gasteiger partial charge is 0.468 e. The van der Waals surface area contributed by atoms with Crippen LogP contribution in [0.2, 0.25) is 0 Å². The van der Waals surface area contributed by atoms with Crippen molar-refractivity contribution in [2.45, 2.75) is 0 Å². The van der Waals surface area contributed by atoms with E-state index in [0.717, 1.165) is 10.8 Å². The number of urea groups is 1. The first-order valence-electron chi connectivity index (χ1n) is 6.18. The Labute approximate surface area is 117 Å². The Bertz CT molecular complexity index is 635. The number of ether oxygens (including phenoxy) is 1. The minimum atomic E-state index is -0.458. The molecule has 0 radical (unpaired) electrons. The van der Waals surface area contributed by atoms with Gasteiger partial charge in [-0.3, -0.25) is 4.79 Å². The lowest BCUT2D eigenvalue weighted by Gasteiger charge is -2.17. The van der Waals surface area contributed by atoms with Gasteiger partial charge in [-0.2, -0.15) is 0 Å². The summed E-state index contributed by atoms with van der Waals surface area (Å²) in [5.74, 6) is -0.458. The van der Waals surface area contributed by atoms with Crippen LogP contribution in [0, 0.1) is 0 Å². The summed E-state index contributed by atoms with van der Waals surface area (Å²) in [7, 11) is 2.83. The highest BCUT2D eigenvalue weighted by atomic mass is 16.5. The fourth-order valence-electron chi connectivity index (χ4n) is 1.88. The molecule has 0 heterocycles. The van der Waals surface area contributed by atoms with Gasteiger partial charge in [0.2, 0.25) is 0 Å². The normalized spacial score (nSPS) is 10.1. The van der Waals surface area contributed by atoms with E-state index in [1.807, 2.05) is 42.5 Å². The Kier molecular flexibility index (Phi) is 4.20. The van der Waals surface area contributed by atoms with Gasteiger partial charge in [-0.25, -0.2) is 4.79 Å². The molecule has 0 aliphatic carbocycles. The Morgan fingerprint density at radius 2 is 1.85 bits per heavy atom. The number of hydrogen-bond acceptors (Lipinski definition) is 3. The van der Waals surface area contributed by atoms with Gasteiger partial charge in [0.15, 0.2) is 0 Å². The maximum atomic E-state index is 12.0. The quantitative estimate of drug-likeness (QED) is 0.873. The predicted octanol–water partition coefficient (Wildman–Crippen LogP) is 2.48. The van der Waals surface area contributed by atoms with Crippen molar-refractivity contribution in [1.82, 2.24) is 4.90 Å². The standard InChI is InChI=1S/C15H16N2O3/c1-17(10-14(18)20-2)15(19)16-13-9-5-7-11-6-3-4-8-12(11)13/h3-9H,10H2,1-2H3,(H,16,19). The predicted molar refractivity (Wildman–Crippen MR) is 77.6 cm³/mol. The topological polar surface area (TPSA) is 58.6 Å². The second-order valence-corrected chi connectivity index (χ2v) is 4.39. The molecule has 0 aliphatic heterocycles. The van der Waals surface area contributed by atoms with Crippen molar-refractivity contribution < 1.29 is 14.3 Å². The molecule has 0 saturated carbocycles. The Balaban J connectivity index is 2.16. The van der Waals surface area contributed by atoms with E-state index in [4.69, 9.17) is 0 Å². The molecule has 0 saturated heterocycles. The number of carbonyl (C=O) groups is 2. The number of carbonyl (C=O) groups excluding carboxylic acids is 2. The summed E-state index contributed by atoms with van der Waals surface area (Å²) in [5, 5.41) is 4.79. The fourth-order valence-corrected chi connectivity index (χ4v) is 1.88. The van der Waals surface area contributed by atoms with Crippen molar-refractivity contribution >= 4 is 28.5 Å². The van der Waals surface area contributed by atoms with Crippen LogP contribution < -0.4 is 5.32 Å². The molecule has 2 rings (SSSR count). The molecule has 5 nitrogen and oxygen atoms in total. The third-order valence-electron chi connectivity index (χ3n) is 2.97. The molecule has 20 heavy (non-hydrogen) atoms. The molecule has 1 N–H and O–H groups in total. The number of esters is 1. The number of hydrogen-bond donors (Lipinski definition) is 1. The summed E-state index contributed by atoms with van der Waals surface area (Å²) in [6, 6.07) is 13.1. The van der Waals surface area contributed by atoms with E-state index in [-0.39, 0.29) is 12.6 Å². The zero-order chi connectivity index (χ0) is 14.5. The SMILES string of the molecule is COC(=O)CN(C)C(=O)Nc1cccc2ccccc12. The molecule has 2 amide bonds. The highest BCUT2D eigenvalue weighted by molar-refractivity contribution is 6.01. The number of methoxy groups -OCH3 is 1. The van der Waals surface area contributed by atoms with Crippen molar-refractivity contribution in [2.75, 3.05) is 26.0 Å². The number of anilines is 1. The van der Waals surface area contributed by atoms with Gasteiger partial charge in [-0.05, 0) is 11.5 Å². The third kappa shape index (κ3) is 3.06. The molecule has 0 fully saturated rings. The lowest BCUT2D eigenvalue weighted by molar-refractivity contribution is -0.140. The average molecular weight is 272 g/mol. The Morgan fingerprint density at radius 1 is 1.15 bits per heavy atom. The number of likely N-dealkylation sites (N-methyl/N-ethyl adjacent to an activating group) is 1. The van der Waals surface area contributed by atoms with Crippen molar-refractivity contribution in [3.63, 3.8) is 0 Å².